The molecule has 156 valence electrons. The Morgan fingerprint density at radius 1 is 1.32 bits per heavy atom. The molecule has 1 aromatic rings. The maximum absolute atomic E-state index is 12.6. The minimum atomic E-state index is -0.179. The van der Waals surface area contributed by atoms with Crippen LogP contribution in [0, 0.1) is 0 Å². The predicted octanol–water partition coefficient (Wildman–Crippen LogP) is 1.46. The van der Waals surface area contributed by atoms with Gasteiger partial charge >= 0.3 is 5.69 Å². The summed E-state index contributed by atoms with van der Waals surface area (Å²) in [5.41, 5.74) is 2.13. The fraction of sp³-hybridized carbons (Fsp3) is 0.750. The van der Waals surface area contributed by atoms with Gasteiger partial charge in [-0.2, -0.15) is 4.98 Å². The number of hydrogen-bond acceptors (Lipinski definition) is 6. The first-order valence-corrected chi connectivity index (χ1v) is 11.3. The van der Waals surface area contributed by atoms with Crippen molar-refractivity contribution in [3.63, 3.8) is 0 Å². The van der Waals surface area contributed by atoms with E-state index in [0.29, 0.717) is 13.1 Å². The quantitative estimate of drug-likeness (QED) is 0.492. The number of carbonyl (C=O) groups is 1. The summed E-state index contributed by atoms with van der Waals surface area (Å²) >= 11 is 1.39. The summed E-state index contributed by atoms with van der Waals surface area (Å²) in [6, 6.07) is 0. The van der Waals surface area contributed by atoms with Gasteiger partial charge in [0.05, 0.1) is 11.9 Å². The van der Waals surface area contributed by atoms with E-state index in [1.165, 1.54) is 17.3 Å². The fourth-order valence-corrected chi connectivity index (χ4v) is 4.77. The van der Waals surface area contributed by atoms with Gasteiger partial charge < -0.3 is 15.0 Å². The SMILES string of the molecule is CN(C)CCCn1c2c(c(SCC(=O)NCC3CCCO3)nc1=O)CCCC2. The van der Waals surface area contributed by atoms with Gasteiger partial charge in [-0.1, -0.05) is 11.8 Å². The average molecular weight is 409 g/mol. The molecule has 1 fully saturated rings. The van der Waals surface area contributed by atoms with Crippen LogP contribution < -0.4 is 11.0 Å². The number of rotatable bonds is 9. The monoisotopic (exact) mass is 408 g/mol. The molecule has 2 heterocycles. The summed E-state index contributed by atoms with van der Waals surface area (Å²) in [5, 5.41) is 3.68. The number of ether oxygens (including phenoxy) is 1. The second-order valence-electron chi connectivity index (χ2n) is 7.87. The molecule has 0 bridgehead atoms. The zero-order valence-corrected chi connectivity index (χ0v) is 17.9. The van der Waals surface area contributed by atoms with Gasteiger partial charge in [0.15, 0.2) is 0 Å². The number of fused-ring (bicyclic) bond motifs is 1. The Kier molecular flexibility index (Phi) is 7.93. The molecule has 1 aromatic heterocycles. The largest absolute Gasteiger partial charge is 0.376 e. The van der Waals surface area contributed by atoms with Gasteiger partial charge in [0.1, 0.15) is 5.03 Å². The van der Waals surface area contributed by atoms with Crippen molar-refractivity contribution in [1.29, 1.82) is 0 Å². The van der Waals surface area contributed by atoms with Gasteiger partial charge in [-0.05, 0) is 65.6 Å². The number of carbonyl (C=O) groups excluding carboxylic acids is 1. The topological polar surface area (TPSA) is 76.5 Å². The molecule has 1 atom stereocenters. The summed E-state index contributed by atoms with van der Waals surface area (Å²) in [7, 11) is 4.08. The highest BCUT2D eigenvalue weighted by Crippen LogP contribution is 2.28. The molecule has 1 unspecified atom stereocenters. The molecule has 1 aliphatic carbocycles. The van der Waals surface area contributed by atoms with Gasteiger partial charge in [-0.3, -0.25) is 9.36 Å². The summed E-state index contributed by atoms with van der Waals surface area (Å²) in [5.74, 6) is 0.262. The highest BCUT2D eigenvalue weighted by Gasteiger charge is 2.21. The number of hydrogen-bond donors (Lipinski definition) is 1. The first kappa shape index (κ1) is 21.3. The van der Waals surface area contributed by atoms with Crippen LogP contribution in [0.2, 0.25) is 0 Å². The van der Waals surface area contributed by atoms with Crippen molar-refractivity contribution in [1.82, 2.24) is 19.8 Å². The predicted molar refractivity (Wildman–Crippen MR) is 111 cm³/mol. The minimum Gasteiger partial charge on any atom is -0.376 e. The first-order valence-electron chi connectivity index (χ1n) is 10.3. The molecule has 3 rings (SSSR count). The van der Waals surface area contributed by atoms with E-state index in [2.05, 4.69) is 15.2 Å². The van der Waals surface area contributed by atoms with E-state index >= 15 is 0 Å². The molecule has 8 heteroatoms. The van der Waals surface area contributed by atoms with Crippen LogP contribution in [0.15, 0.2) is 9.82 Å². The van der Waals surface area contributed by atoms with E-state index in [0.717, 1.165) is 68.8 Å². The second kappa shape index (κ2) is 10.4. The Labute approximate surface area is 171 Å². The Balaban J connectivity index is 1.63. The molecule has 28 heavy (non-hydrogen) atoms. The van der Waals surface area contributed by atoms with Gasteiger partial charge in [-0.25, -0.2) is 4.79 Å². The third kappa shape index (κ3) is 5.81. The zero-order chi connectivity index (χ0) is 19.9. The van der Waals surface area contributed by atoms with Crippen LogP contribution in [0.1, 0.15) is 43.4 Å². The van der Waals surface area contributed by atoms with Crippen LogP contribution in [-0.4, -0.2) is 66.0 Å². The van der Waals surface area contributed by atoms with Gasteiger partial charge in [0, 0.05) is 31.0 Å². The number of thioether (sulfide) groups is 1. The normalized spacial score (nSPS) is 19.0. The highest BCUT2D eigenvalue weighted by molar-refractivity contribution is 7.99. The van der Waals surface area contributed by atoms with Gasteiger partial charge in [0.2, 0.25) is 5.91 Å². The smallest absolute Gasteiger partial charge is 0.348 e. The molecule has 0 spiro atoms. The van der Waals surface area contributed by atoms with E-state index in [-0.39, 0.29) is 23.5 Å². The lowest BCUT2D eigenvalue weighted by Gasteiger charge is -2.23. The summed E-state index contributed by atoms with van der Waals surface area (Å²) in [6.45, 7) is 3.01. The van der Waals surface area contributed by atoms with Gasteiger partial charge in [0.25, 0.3) is 0 Å². The Bertz CT molecular complexity index is 729. The Morgan fingerprint density at radius 2 is 2.14 bits per heavy atom. The summed E-state index contributed by atoms with van der Waals surface area (Å²) in [4.78, 5) is 31.3. The van der Waals surface area contributed by atoms with Crippen LogP contribution in [0.25, 0.3) is 0 Å². The number of aromatic nitrogens is 2. The number of nitrogens with zero attached hydrogens (tertiary/aromatic N) is 3. The van der Waals surface area contributed by atoms with Crippen molar-refractivity contribution < 1.29 is 9.53 Å². The van der Waals surface area contributed by atoms with Crippen LogP contribution in [0.4, 0.5) is 0 Å². The maximum atomic E-state index is 12.6. The van der Waals surface area contributed by atoms with Crippen molar-refractivity contribution in [2.45, 2.75) is 62.6 Å². The van der Waals surface area contributed by atoms with E-state index in [9.17, 15) is 9.59 Å². The Hall–Kier alpha value is -1.38. The molecule has 1 N–H and O–H groups in total. The Morgan fingerprint density at radius 3 is 2.89 bits per heavy atom. The molecule has 1 aliphatic heterocycles. The van der Waals surface area contributed by atoms with Crippen molar-refractivity contribution in [2.75, 3.05) is 39.5 Å². The van der Waals surface area contributed by atoms with E-state index in [1.807, 2.05) is 18.7 Å². The number of amides is 1. The van der Waals surface area contributed by atoms with Crippen molar-refractivity contribution in [3.05, 3.63) is 21.7 Å². The van der Waals surface area contributed by atoms with Crippen LogP contribution in [0.5, 0.6) is 0 Å². The minimum absolute atomic E-state index is 0.0259. The van der Waals surface area contributed by atoms with Crippen molar-refractivity contribution in [3.8, 4) is 0 Å². The molecular formula is C20H32N4O3S. The molecule has 1 amide bonds. The fourth-order valence-electron chi connectivity index (χ4n) is 3.86. The van der Waals surface area contributed by atoms with Crippen LogP contribution in [0.3, 0.4) is 0 Å². The lowest BCUT2D eigenvalue weighted by Crippen LogP contribution is -2.33. The lowest BCUT2D eigenvalue weighted by molar-refractivity contribution is -0.119. The van der Waals surface area contributed by atoms with Crippen LogP contribution >= 0.6 is 11.8 Å². The van der Waals surface area contributed by atoms with Gasteiger partial charge in [-0.15, -0.1) is 0 Å². The molecule has 0 radical (unpaired) electrons. The average Bonchev–Trinajstić information content (AvgIpc) is 3.20. The molecular weight excluding hydrogens is 376 g/mol. The van der Waals surface area contributed by atoms with E-state index in [4.69, 9.17) is 4.74 Å². The summed E-state index contributed by atoms with van der Waals surface area (Å²) < 4.78 is 7.40. The lowest BCUT2D eigenvalue weighted by atomic mass is 9.97. The summed E-state index contributed by atoms with van der Waals surface area (Å²) in [6.07, 6.45) is 7.23. The highest BCUT2D eigenvalue weighted by atomic mass is 32.2. The van der Waals surface area contributed by atoms with E-state index < -0.39 is 0 Å². The third-order valence-electron chi connectivity index (χ3n) is 5.33. The maximum Gasteiger partial charge on any atom is 0.348 e. The molecule has 1 saturated heterocycles. The zero-order valence-electron chi connectivity index (χ0n) is 17.0. The second-order valence-corrected chi connectivity index (χ2v) is 8.83. The molecule has 2 aliphatic rings. The van der Waals surface area contributed by atoms with Crippen molar-refractivity contribution in [2.24, 2.45) is 0 Å². The molecule has 0 aromatic carbocycles. The number of nitrogens with one attached hydrogen (secondary N) is 1. The third-order valence-corrected chi connectivity index (χ3v) is 6.35. The standard InChI is InChI=1S/C20H32N4O3S/c1-23(2)10-6-11-24-17-9-4-3-8-16(17)19(22-20(24)26)28-14-18(25)21-13-15-7-5-12-27-15/h15H,3-14H2,1-2H3,(H,21,25). The molecule has 7 nitrogen and oxygen atoms in total. The first-order chi connectivity index (χ1) is 13.5. The van der Waals surface area contributed by atoms with Crippen molar-refractivity contribution >= 4 is 17.7 Å². The van der Waals surface area contributed by atoms with Crippen LogP contribution in [-0.2, 0) is 28.9 Å². The van der Waals surface area contributed by atoms with E-state index in [1.54, 1.807) is 0 Å². The molecule has 0 saturated carbocycles.